The van der Waals surface area contributed by atoms with E-state index < -0.39 is 37.3 Å². The maximum absolute atomic E-state index is 11.3. The van der Waals surface area contributed by atoms with Gasteiger partial charge in [-0.05, 0) is 12.1 Å². The summed E-state index contributed by atoms with van der Waals surface area (Å²) in [6, 6.07) is 6.67. The van der Waals surface area contributed by atoms with Crippen LogP contribution in [0.3, 0.4) is 0 Å². The van der Waals surface area contributed by atoms with E-state index in [1.165, 1.54) is 0 Å². The van der Waals surface area contributed by atoms with Gasteiger partial charge in [0.15, 0.2) is 4.33 Å². The lowest BCUT2D eigenvalue weighted by Gasteiger charge is -2.33. The minimum atomic E-state index is -1.86. The minimum Gasteiger partial charge on any atom is -0.506 e. The number of alkyl halides is 4. The van der Waals surface area contributed by atoms with Gasteiger partial charge in [-0.1, -0.05) is 70.1 Å². The van der Waals surface area contributed by atoms with Gasteiger partial charge >= 0.3 is 11.4 Å². The van der Waals surface area contributed by atoms with Gasteiger partial charge in [0.25, 0.3) is 0 Å². The van der Waals surface area contributed by atoms with E-state index in [-0.39, 0.29) is 29.0 Å². The summed E-state index contributed by atoms with van der Waals surface area (Å²) in [6.07, 6.45) is 0. The van der Waals surface area contributed by atoms with E-state index in [1.807, 2.05) is 0 Å². The van der Waals surface area contributed by atoms with Gasteiger partial charge in [-0.2, -0.15) is 4.21 Å². The Balaban J connectivity index is 0.000000221. The Kier molecular flexibility index (Phi) is 6.55. The zero-order chi connectivity index (χ0) is 20.2. The number of para-hydroxylation sites is 1. The van der Waals surface area contributed by atoms with Crippen LogP contribution >= 0.6 is 81.2 Å². The summed E-state index contributed by atoms with van der Waals surface area (Å²) < 4.78 is 19.7. The van der Waals surface area contributed by atoms with E-state index in [0.717, 1.165) is 0 Å². The summed E-state index contributed by atoms with van der Waals surface area (Å²) in [6.45, 7) is 0.0215. The first-order valence-electron chi connectivity index (χ1n) is 7.43. The summed E-state index contributed by atoms with van der Waals surface area (Å²) in [5.41, 5.74) is 0. The number of phenols is 1. The first kappa shape index (κ1) is 22.5. The van der Waals surface area contributed by atoms with E-state index in [1.54, 1.807) is 24.3 Å². The Bertz CT molecular complexity index is 758. The second-order valence-corrected chi connectivity index (χ2v) is 10.6. The van der Waals surface area contributed by atoms with Crippen molar-refractivity contribution in [2.45, 2.75) is 14.1 Å². The largest absolute Gasteiger partial charge is 0.506 e. The molecule has 4 unspecified atom stereocenters. The Labute approximate surface area is 193 Å². The van der Waals surface area contributed by atoms with Crippen LogP contribution in [-0.2, 0) is 19.7 Å². The molecule has 0 amide bonds. The summed E-state index contributed by atoms with van der Waals surface area (Å²) in [7, 11) is 0. The molecule has 1 saturated carbocycles. The van der Waals surface area contributed by atoms with Crippen molar-refractivity contribution >= 4 is 92.6 Å². The van der Waals surface area contributed by atoms with Crippen LogP contribution in [0.4, 0.5) is 0 Å². The van der Waals surface area contributed by atoms with Crippen molar-refractivity contribution in [3.8, 4) is 5.75 Å². The minimum absolute atomic E-state index is 0.0107. The molecular weight excluding hydrogens is 524 g/mol. The number of benzene rings is 1. The predicted molar refractivity (Wildman–Crippen MR) is 110 cm³/mol. The number of fused-ring (bicyclic) bond motifs is 5. The Morgan fingerprint density at radius 3 is 1.74 bits per heavy atom. The van der Waals surface area contributed by atoms with Gasteiger partial charge in [0.1, 0.15) is 15.5 Å². The zero-order valence-corrected chi connectivity index (χ0v) is 19.2. The van der Waals surface area contributed by atoms with Crippen LogP contribution in [0.25, 0.3) is 0 Å². The van der Waals surface area contributed by atoms with Gasteiger partial charge in [0, 0.05) is 11.8 Å². The van der Waals surface area contributed by atoms with Crippen molar-refractivity contribution in [3.05, 3.63) is 39.4 Å². The molecule has 1 N–H and O–H groups in total. The van der Waals surface area contributed by atoms with Crippen LogP contribution in [0.5, 0.6) is 5.75 Å². The lowest BCUT2D eigenvalue weighted by atomic mass is 9.83. The van der Waals surface area contributed by atoms with Gasteiger partial charge in [-0.15, -0.1) is 23.2 Å². The van der Waals surface area contributed by atoms with E-state index in [4.69, 9.17) is 94.7 Å². The summed E-state index contributed by atoms with van der Waals surface area (Å²) in [5.74, 6) is -0.777. The SMILES string of the molecule is O=S1OCC2C(CO1)C1(Cl)C(Cl)=C(Cl)C2(Cl)C1(Cl)Cl.Oc1ccccc1Cl. The highest BCUT2D eigenvalue weighted by Crippen LogP contribution is 2.76. The highest BCUT2D eigenvalue weighted by atomic mass is 35.5. The molecule has 27 heavy (non-hydrogen) atoms. The Hall–Kier alpha value is 0.860. The third-order valence-corrected chi connectivity index (χ3v) is 10.1. The fourth-order valence-electron chi connectivity index (χ4n) is 3.41. The lowest BCUT2D eigenvalue weighted by molar-refractivity contribution is 0.207. The first-order chi connectivity index (χ1) is 12.5. The number of aromatic hydroxyl groups is 1. The number of phenolic OH excluding ortho intramolecular Hbond substituents is 1. The van der Waals surface area contributed by atoms with E-state index in [2.05, 4.69) is 0 Å². The third-order valence-electron chi connectivity index (χ3n) is 4.79. The topological polar surface area (TPSA) is 55.8 Å². The highest BCUT2D eigenvalue weighted by molar-refractivity contribution is 7.75. The fourth-order valence-corrected chi connectivity index (χ4v) is 7.19. The van der Waals surface area contributed by atoms with E-state index >= 15 is 0 Å². The van der Waals surface area contributed by atoms with Crippen molar-refractivity contribution in [1.82, 2.24) is 0 Å². The molecule has 0 radical (unpaired) electrons. The number of hydrogen-bond donors (Lipinski definition) is 1. The smallest absolute Gasteiger partial charge is 0.304 e. The van der Waals surface area contributed by atoms with Crippen molar-refractivity contribution in [2.24, 2.45) is 11.8 Å². The molecule has 12 heteroatoms. The monoisotopic (exact) mass is 532 g/mol. The van der Waals surface area contributed by atoms with Crippen LogP contribution < -0.4 is 0 Å². The van der Waals surface area contributed by atoms with Crippen molar-refractivity contribution < 1.29 is 17.7 Å². The summed E-state index contributed by atoms with van der Waals surface area (Å²) in [4.78, 5) is -2.78. The van der Waals surface area contributed by atoms with Crippen molar-refractivity contribution in [1.29, 1.82) is 0 Å². The number of allylic oxidation sites excluding steroid dienone is 2. The average Bonchev–Trinajstić information content (AvgIpc) is 2.78. The molecule has 4 rings (SSSR count). The van der Waals surface area contributed by atoms with Gasteiger partial charge in [0.05, 0.1) is 28.3 Å². The molecule has 1 heterocycles. The van der Waals surface area contributed by atoms with Crippen LogP contribution in [0, 0.1) is 11.8 Å². The maximum atomic E-state index is 11.3. The first-order valence-corrected chi connectivity index (χ1v) is 11.1. The molecule has 2 bridgehead atoms. The van der Waals surface area contributed by atoms with Crippen LogP contribution in [-0.4, -0.2) is 36.6 Å². The van der Waals surface area contributed by atoms with Gasteiger partial charge in [0.2, 0.25) is 0 Å². The molecule has 4 nitrogen and oxygen atoms in total. The number of hydrogen-bond acceptors (Lipinski definition) is 4. The van der Waals surface area contributed by atoms with Gasteiger partial charge in [-0.3, -0.25) is 8.37 Å². The molecule has 4 atom stereocenters. The summed E-state index contributed by atoms with van der Waals surface area (Å²) in [5, 5.41) is 9.39. The normalized spacial score (nSPS) is 39.4. The van der Waals surface area contributed by atoms with Crippen molar-refractivity contribution in [2.75, 3.05) is 13.2 Å². The molecular formula is C15H11Cl7O4S. The standard InChI is InChI=1S/C9H6Cl6O3S.C6H5ClO/c10-5-6(11)8(13)4-2-18-19(16)17-1-3(4)7(5,12)9(8,14)15;7-5-3-1-2-4-6(5)8/h3-4H,1-2H2;1-4,8H. The predicted octanol–water partition coefficient (Wildman–Crippen LogP) is 5.74. The molecule has 0 spiro atoms. The molecule has 1 saturated heterocycles. The van der Waals surface area contributed by atoms with Gasteiger partial charge in [-0.25, -0.2) is 0 Å². The van der Waals surface area contributed by atoms with Crippen molar-refractivity contribution in [3.63, 3.8) is 0 Å². The second-order valence-electron chi connectivity index (χ2n) is 6.06. The molecule has 2 aliphatic carbocycles. The summed E-state index contributed by atoms with van der Waals surface area (Å²) >= 11 is 41.8. The molecule has 1 aromatic rings. The molecule has 2 fully saturated rings. The van der Waals surface area contributed by atoms with Crippen LogP contribution in [0.15, 0.2) is 34.3 Å². The lowest BCUT2D eigenvalue weighted by Crippen LogP contribution is -2.45. The van der Waals surface area contributed by atoms with E-state index in [0.29, 0.717) is 5.02 Å². The maximum Gasteiger partial charge on any atom is 0.304 e. The Morgan fingerprint density at radius 2 is 1.37 bits per heavy atom. The average molecular weight is 535 g/mol. The molecule has 3 aliphatic rings. The molecule has 1 aromatic carbocycles. The Morgan fingerprint density at radius 1 is 0.926 bits per heavy atom. The third kappa shape index (κ3) is 3.21. The van der Waals surface area contributed by atoms with Gasteiger partial charge < -0.3 is 5.11 Å². The van der Waals surface area contributed by atoms with E-state index in [9.17, 15) is 4.21 Å². The highest BCUT2D eigenvalue weighted by Gasteiger charge is 2.82. The zero-order valence-electron chi connectivity index (χ0n) is 13.1. The molecule has 0 aromatic heterocycles. The van der Waals surface area contributed by atoms with Crippen LogP contribution in [0.1, 0.15) is 0 Å². The quantitative estimate of drug-likeness (QED) is 0.431. The fraction of sp³-hybridized carbons (Fsp3) is 0.467. The number of rotatable bonds is 0. The van der Waals surface area contributed by atoms with Crippen LogP contribution in [0.2, 0.25) is 5.02 Å². The number of halogens is 7. The molecule has 1 aliphatic heterocycles. The molecule has 150 valence electrons. The second kappa shape index (κ2) is 7.84.